The van der Waals surface area contributed by atoms with Crippen LogP contribution in [-0.4, -0.2) is 29.3 Å². The maximum absolute atomic E-state index is 13.0. The van der Waals surface area contributed by atoms with Gasteiger partial charge in [0.1, 0.15) is 6.04 Å². The first-order chi connectivity index (χ1) is 13.0. The summed E-state index contributed by atoms with van der Waals surface area (Å²) in [6.07, 6.45) is 2.07. The van der Waals surface area contributed by atoms with E-state index in [-0.39, 0.29) is 17.9 Å². The van der Waals surface area contributed by atoms with Crippen LogP contribution in [0.2, 0.25) is 0 Å². The smallest absolute Gasteiger partial charge is 0.259 e. The number of halogens is 1. The van der Waals surface area contributed by atoms with Crippen LogP contribution in [0.5, 0.6) is 0 Å². The number of likely N-dealkylation sites (tertiary alicyclic amines) is 1. The Labute approximate surface area is 169 Å². The van der Waals surface area contributed by atoms with Crippen LogP contribution in [0.25, 0.3) is 11.1 Å². The fourth-order valence-corrected chi connectivity index (χ4v) is 3.93. The summed E-state index contributed by atoms with van der Waals surface area (Å²) >= 11 is 3.42. The third-order valence-corrected chi connectivity index (χ3v) is 5.59. The molecule has 27 heavy (non-hydrogen) atoms. The minimum absolute atomic E-state index is 0.0705. The number of nitrogens with zero attached hydrogens (tertiary/aromatic N) is 2. The highest BCUT2D eigenvalue weighted by atomic mass is 79.9. The molecule has 0 spiro atoms. The maximum atomic E-state index is 13.0. The Bertz CT molecular complexity index is 790. The summed E-state index contributed by atoms with van der Waals surface area (Å²) in [4.78, 5) is 27.2. The molecule has 1 aliphatic rings. The summed E-state index contributed by atoms with van der Waals surface area (Å²) in [6, 6.07) is 17.6. The van der Waals surface area contributed by atoms with Crippen LogP contribution in [0.3, 0.4) is 0 Å². The van der Waals surface area contributed by atoms with Gasteiger partial charge in [0.05, 0.1) is 21.8 Å². The summed E-state index contributed by atoms with van der Waals surface area (Å²) in [6.45, 7) is 4.71. The molecule has 1 heterocycles. The van der Waals surface area contributed by atoms with Gasteiger partial charge in [0.2, 0.25) is 5.91 Å². The van der Waals surface area contributed by atoms with Crippen molar-refractivity contribution < 1.29 is 9.59 Å². The van der Waals surface area contributed by atoms with Crippen molar-refractivity contribution in [2.24, 2.45) is 5.92 Å². The van der Waals surface area contributed by atoms with Crippen molar-refractivity contribution in [1.82, 2.24) is 4.90 Å². The number of anilines is 1. The van der Waals surface area contributed by atoms with Gasteiger partial charge in [0.15, 0.2) is 0 Å². The van der Waals surface area contributed by atoms with Crippen molar-refractivity contribution in [3.63, 3.8) is 0 Å². The number of carbonyl (C=O) groups excluding carboxylic acids is 2. The minimum atomic E-state index is -0.385. The molecule has 1 fully saturated rings. The Kier molecular flexibility index (Phi) is 6.32. The zero-order valence-electron chi connectivity index (χ0n) is 15.8. The van der Waals surface area contributed by atoms with E-state index in [1.807, 2.05) is 56.3 Å². The molecule has 0 aliphatic carbocycles. The Balaban J connectivity index is 1.72. The molecule has 5 heteroatoms. The standard InChI is InChI=1S/C22H25BrN2O2/c1-16(2)15-21(26)24-14-6-9-20(24)22(27)25(23)19-12-10-18(11-13-19)17-7-4-3-5-8-17/h3-5,7-8,10-13,16,20H,6,9,14-15H2,1-2H3. The molecule has 0 radical (unpaired) electrons. The molecule has 1 saturated heterocycles. The molecule has 2 aromatic rings. The molecular formula is C22H25BrN2O2. The molecule has 2 amide bonds. The van der Waals surface area contributed by atoms with Gasteiger partial charge in [-0.25, -0.2) is 3.93 Å². The average Bonchev–Trinajstić information content (AvgIpc) is 3.17. The van der Waals surface area contributed by atoms with E-state index in [9.17, 15) is 9.59 Å². The SMILES string of the molecule is CC(C)CC(=O)N1CCCC1C(=O)N(Br)c1ccc(-c2ccccc2)cc1. The van der Waals surface area contributed by atoms with E-state index in [1.165, 1.54) is 3.93 Å². The molecule has 3 rings (SSSR count). The molecular weight excluding hydrogens is 404 g/mol. The topological polar surface area (TPSA) is 40.6 Å². The number of amides is 2. The van der Waals surface area contributed by atoms with Crippen LogP contribution in [0.4, 0.5) is 5.69 Å². The van der Waals surface area contributed by atoms with Gasteiger partial charge in [-0.2, -0.15) is 0 Å². The first-order valence-corrected chi connectivity index (χ1v) is 10.1. The number of hydrogen-bond donors (Lipinski definition) is 0. The second kappa shape index (κ2) is 8.70. The van der Waals surface area contributed by atoms with Crippen LogP contribution < -0.4 is 3.93 Å². The highest BCUT2D eigenvalue weighted by molar-refractivity contribution is 9.10. The predicted molar refractivity (Wildman–Crippen MR) is 112 cm³/mol. The number of benzene rings is 2. The molecule has 2 aromatic carbocycles. The fraction of sp³-hybridized carbons (Fsp3) is 0.364. The highest BCUT2D eigenvalue weighted by Gasteiger charge is 2.36. The van der Waals surface area contributed by atoms with E-state index >= 15 is 0 Å². The zero-order chi connectivity index (χ0) is 19.4. The lowest BCUT2D eigenvalue weighted by atomic mass is 10.1. The lowest BCUT2D eigenvalue weighted by Crippen LogP contribution is -2.45. The number of hydrogen-bond acceptors (Lipinski definition) is 2. The van der Waals surface area contributed by atoms with Crippen molar-refractivity contribution in [2.45, 2.75) is 39.2 Å². The van der Waals surface area contributed by atoms with Crippen molar-refractivity contribution >= 4 is 33.6 Å². The predicted octanol–water partition coefficient (Wildman–Crippen LogP) is 5.03. The lowest BCUT2D eigenvalue weighted by molar-refractivity contribution is -0.137. The largest absolute Gasteiger partial charge is 0.331 e. The van der Waals surface area contributed by atoms with Gasteiger partial charge in [-0.3, -0.25) is 9.59 Å². The summed E-state index contributed by atoms with van der Waals surface area (Å²) in [5.74, 6) is 0.276. The molecule has 1 atom stereocenters. The Morgan fingerprint density at radius 2 is 1.70 bits per heavy atom. The van der Waals surface area contributed by atoms with Crippen molar-refractivity contribution in [3.05, 3.63) is 54.6 Å². The quantitative estimate of drug-likeness (QED) is 0.626. The fourth-order valence-electron chi connectivity index (χ4n) is 3.46. The van der Waals surface area contributed by atoms with Gasteiger partial charge in [-0.1, -0.05) is 56.3 Å². The van der Waals surface area contributed by atoms with E-state index in [0.29, 0.717) is 25.3 Å². The monoisotopic (exact) mass is 428 g/mol. The van der Waals surface area contributed by atoms with E-state index in [4.69, 9.17) is 0 Å². The Morgan fingerprint density at radius 3 is 2.33 bits per heavy atom. The molecule has 0 N–H and O–H groups in total. The molecule has 4 nitrogen and oxygen atoms in total. The van der Waals surface area contributed by atoms with Gasteiger partial charge in [0.25, 0.3) is 5.91 Å². The Hall–Kier alpha value is -2.14. The molecule has 0 aromatic heterocycles. The first-order valence-electron chi connectivity index (χ1n) is 9.42. The normalized spacial score (nSPS) is 16.6. The van der Waals surface area contributed by atoms with E-state index < -0.39 is 0 Å². The van der Waals surface area contributed by atoms with Gasteiger partial charge in [0, 0.05) is 13.0 Å². The summed E-state index contributed by atoms with van der Waals surface area (Å²) in [5.41, 5.74) is 3.00. The molecule has 1 unspecified atom stereocenters. The third kappa shape index (κ3) is 4.59. The Morgan fingerprint density at radius 1 is 1.07 bits per heavy atom. The molecule has 1 aliphatic heterocycles. The summed E-state index contributed by atoms with van der Waals surface area (Å²) < 4.78 is 1.49. The van der Waals surface area contributed by atoms with Gasteiger partial charge < -0.3 is 4.90 Å². The average molecular weight is 429 g/mol. The molecule has 142 valence electrons. The van der Waals surface area contributed by atoms with Crippen LogP contribution in [0.1, 0.15) is 33.1 Å². The maximum Gasteiger partial charge on any atom is 0.259 e. The van der Waals surface area contributed by atoms with Gasteiger partial charge in [-0.15, -0.1) is 0 Å². The van der Waals surface area contributed by atoms with Gasteiger partial charge >= 0.3 is 0 Å². The van der Waals surface area contributed by atoms with Crippen LogP contribution in [-0.2, 0) is 9.59 Å². The summed E-state index contributed by atoms with van der Waals surface area (Å²) in [5, 5.41) is 0. The first kappa shape index (κ1) is 19.6. The number of rotatable bonds is 5. The third-order valence-electron chi connectivity index (χ3n) is 4.84. The van der Waals surface area contributed by atoms with Crippen LogP contribution in [0, 0.1) is 5.92 Å². The van der Waals surface area contributed by atoms with E-state index in [1.54, 1.807) is 4.90 Å². The summed E-state index contributed by atoms with van der Waals surface area (Å²) in [7, 11) is 0. The van der Waals surface area contributed by atoms with E-state index in [0.717, 1.165) is 23.2 Å². The van der Waals surface area contributed by atoms with Crippen molar-refractivity contribution in [3.8, 4) is 11.1 Å². The second-order valence-corrected chi connectivity index (χ2v) is 8.08. The van der Waals surface area contributed by atoms with Crippen LogP contribution in [0.15, 0.2) is 54.6 Å². The minimum Gasteiger partial charge on any atom is -0.331 e. The molecule has 0 saturated carbocycles. The van der Waals surface area contributed by atoms with Crippen molar-refractivity contribution in [1.29, 1.82) is 0 Å². The van der Waals surface area contributed by atoms with E-state index in [2.05, 4.69) is 28.3 Å². The van der Waals surface area contributed by atoms with Gasteiger partial charge in [-0.05, 0) is 42.0 Å². The highest BCUT2D eigenvalue weighted by Crippen LogP contribution is 2.28. The molecule has 0 bridgehead atoms. The van der Waals surface area contributed by atoms with Crippen molar-refractivity contribution in [2.75, 3.05) is 10.5 Å². The zero-order valence-corrected chi connectivity index (χ0v) is 17.4. The number of carbonyl (C=O) groups is 2. The lowest BCUT2D eigenvalue weighted by Gasteiger charge is -2.27. The second-order valence-electron chi connectivity index (χ2n) is 7.38. The van der Waals surface area contributed by atoms with Crippen LogP contribution >= 0.6 is 16.1 Å².